The lowest BCUT2D eigenvalue weighted by atomic mass is 10.2. The van der Waals surface area contributed by atoms with E-state index in [-0.39, 0.29) is 12.1 Å². The first-order chi connectivity index (χ1) is 9.58. The van der Waals surface area contributed by atoms with Gasteiger partial charge in [0.1, 0.15) is 5.60 Å². The van der Waals surface area contributed by atoms with Crippen LogP contribution < -0.4 is 5.73 Å². The summed E-state index contributed by atoms with van der Waals surface area (Å²) in [6, 6.07) is 0. The van der Waals surface area contributed by atoms with Crippen molar-refractivity contribution in [3.63, 3.8) is 0 Å². The normalized spacial score (nSPS) is 11.9. The number of aliphatic hydroxyl groups excluding tert-OH is 1. The average Bonchev–Trinajstić information content (AvgIpc) is 2.30. The van der Waals surface area contributed by atoms with E-state index in [2.05, 4.69) is 9.47 Å². The van der Waals surface area contributed by atoms with E-state index in [1.54, 1.807) is 27.7 Å². The van der Waals surface area contributed by atoms with E-state index in [4.69, 9.17) is 15.6 Å². The van der Waals surface area contributed by atoms with Crippen LogP contribution in [-0.2, 0) is 19.0 Å². The van der Waals surface area contributed by atoms with Gasteiger partial charge in [-0.2, -0.15) is 0 Å². The number of rotatable bonds is 7. The number of carbonyl (C=O) groups excluding carboxylic acids is 2. The van der Waals surface area contributed by atoms with Gasteiger partial charge in [-0.05, 0) is 40.5 Å². The molecular formula is C14H29NO6. The minimum atomic E-state index is -0.725. The molecule has 0 aliphatic rings. The summed E-state index contributed by atoms with van der Waals surface area (Å²) >= 11 is 0. The molecule has 0 bridgehead atoms. The van der Waals surface area contributed by atoms with E-state index < -0.39 is 11.7 Å². The molecule has 0 aromatic heterocycles. The van der Waals surface area contributed by atoms with E-state index in [0.717, 1.165) is 0 Å². The molecule has 0 rings (SSSR count). The number of esters is 1. The number of carbonyl (C=O) groups is 2. The first kappa shape index (κ1) is 21.9. The van der Waals surface area contributed by atoms with Crippen LogP contribution in [0.15, 0.2) is 0 Å². The molecule has 1 unspecified atom stereocenters. The van der Waals surface area contributed by atoms with Gasteiger partial charge in [0.15, 0.2) is 0 Å². The van der Waals surface area contributed by atoms with Gasteiger partial charge in [0.25, 0.3) is 0 Å². The largest absolute Gasteiger partial charge is 0.469 e. The lowest BCUT2D eigenvalue weighted by Crippen LogP contribution is -2.27. The zero-order valence-electron chi connectivity index (χ0n) is 13.7. The molecule has 7 heteroatoms. The van der Waals surface area contributed by atoms with Crippen molar-refractivity contribution in [3.05, 3.63) is 0 Å². The SMILES string of the molecule is CC(C)(C)OC(N)=O.COC(=O)CCCOCCC(C)O. The minimum absolute atomic E-state index is 0.209. The molecule has 0 fully saturated rings. The molecule has 0 aromatic rings. The molecule has 0 spiro atoms. The minimum Gasteiger partial charge on any atom is -0.469 e. The van der Waals surface area contributed by atoms with Crippen LogP contribution in [0.25, 0.3) is 0 Å². The van der Waals surface area contributed by atoms with Crippen molar-refractivity contribution in [2.75, 3.05) is 20.3 Å². The average molecular weight is 307 g/mol. The van der Waals surface area contributed by atoms with Crippen molar-refractivity contribution in [1.29, 1.82) is 0 Å². The fourth-order valence-corrected chi connectivity index (χ4v) is 1.08. The summed E-state index contributed by atoms with van der Waals surface area (Å²) in [6.45, 7) is 8.09. The molecule has 1 amide bonds. The van der Waals surface area contributed by atoms with Gasteiger partial charge in [0.2, 0.25) is 0 Å². The van der Waals surface area contributed by atoms with Gasteiger partial charge in [-0.1, -0.05) is 0 Å². The molecule has 0 radical (unpaired) electrons. The van der Waals surface area contributed by atoms with Crippen molar-refractivity contribution in [2.24, 2.45) is 5.73 Å². The van der Waals surface area contributed by atoms with Crippen LogP contribution in [0.5, 0.6) is 0 Å². The highest BCUT2D eigenvalue weighted by Gasteiger charge is 2.12. The summed E-state index contributed by atoms with van der Waals surface area (Å²) in [5.74, 6) is -0.209. The van der Waals surface area contributed by atoms with Crippen LogP contribution in [0.2, 0.25) is 0 Å². The highest BCUT2D eigenvalue weighted by molar-refractivity contribution is 5.69. The third kappa shape index (κ3) is 24.1. The highest BCUT2D eigenvalue weighted by atomic mass is 16.6. The molecule has 0 aliphatic heterocycles. The molecule has 21 heavy (non-hydrogen) atoms. The van der Waals surface area contributed by atoms with Crippen LogP contribution in [-0.4, -0.2) is 49.2 Å². The van der Waals surface area contributed by atoms with E-state index >= 15 is 0 Å². The molecule has 0 aliphatic carbocycles. The van der Waals surface area contributed by atoms with Gasteiger partial charge in [-0.15, -0.1) is 0 Å². The quantitative estimate of drug-likeness (QED) is 0.546. The zero-order chi connectivity index (χ0) is 16.9. The summed E-state index contributed by atoms with van der Waals surface area (Å²) in [7, 11) is 1.37. The van der Waals surface area contributed by atoms with E-state index in [9.17, 15) is 9.59 Å². The Kier molecular flexibility index (Phi) is 13.0. The molecular weight excluding hydrogens is 278 g/mol. The number of nitrogens with two attached hydrogens (primary N) is 1. The molecule has 0 aromatic carbocycles. The molecule has 7 nitrogen and oxygen atoms in total. The lowest BCUT2D eigenvalue weighted by Gasteiger charge is -2.16. The summed E-state index contributed by atoms with van der Waals surface area (Å²) in [4.78, 5) is 20.6. The van der Waals surface area contributed by atoms with Gasteiger partial charge < -0.3 is 25.1 Å². The Morgan fingerprint density at radius 3 is 2.14 bits per heavy atom. The number of methoxy groups -OCH3 is 1. The Bertz CT molecular complexity index is 286. The monoisotopic (exact) mass is 307 g/mol. The number of amides is 1. The molecule has 3 N–H and O–H groups in total. The molecule has 0 saturated heterocycles. The third-order valence-electron chi connectivity index (χ3n) is 1.98. The van der Waals surface area contributed by atoms with E-state index in [0.29, 0.717) is 32.5 Å². The lowest BCUT2D eigenvalue weighted by molar-refractivity contribution is -0.141. The van der Waals surface area contributed by atoms with Crippen molar-refractivity contribution >= 4 is 12.1 Å². The standard InChI is InChI=1S/C9H18O4.C5H11NO2/c1-8(10)5-7-13-6-3-4-9(11)12-2;1-5(2,3)8-4(6)7/h8,10H,3-7H2,1-2H3;1-3H3,(H2,6,7). The van der Waals surface area contributed by atoms with Gasteiger partial charge in [0, 0.05) is 19.6 Å². The smallest absolute Gasteiger partial charge is 0.405 e. The number of primary amides is 1. The first-order valence-electron chi connectivity index (χ1n) is 6.89. The molecule has 0 heterocycles. The topological polar surface area (TPSA) is 108 Å². The molecule has 126 valence electrons. The third-order valence-corrected chi connectivity index (χ3v) is 1.98. The maximum Gasteiger partial charge on any atom is 0.405 e. The maximum atomic E-state index is 10.6. The second kappa shape index (κ2) is 12.4. The number of hydrogen-bond acceptors (Lipinski definition) is 6. The summed E-state index contributed by atoms with van der Waals surface area (Å²) < 4.78 is 14.2. The second-order valence-corrected chi connectivity index (χ2v) is 5.46. The van der Waals surface area contributed by atoms with Crippen molar-refractivity contribution < 1.29 is 28.9 Å². The maximum absolute atomic E-state index is 10.6. The highest BCUT2D eigenvalue weighted by Crippen LogP contribution is 2.04. The Balaban J connectivity index is 0. The number of aliphatic hydroxyl groups is 1. The van der Waals surface area contributed by atoms with Crippen LogP contribution >= 0.6 is 0 Å². The van der Waals surface area contributed by atoms with Gasteiger partial charge in [-0.25, -0.2) is 4.79 Å². The van der Waals surface area contributed by atoms with Crippen LogP contribution in [0, 0.1) is 0 Å². The van der Waals surface area contributed by atoms with Crippen LogP contribution in [0.4, 0.5) is 4.79 Å². The predicted octanol–water partition coefficient (Wildman–Crippen LogP) is 1.61. The Morgan fingerprint density at radius 2 is 1.81 bits per heavy atom. The van der Waals surface area contributed by atoms with Crippen LogP contribution in [0.3, 0.4) is 0 Å². The van der Waals surface area contributed by atoms with Gasteiger partial charge >= 0.3 is 12.1 Å². The first-order valence-corrected chi connectivity index (χ1v) is 6.89. The number of hydrogen-bond donors (Lipinski definition) is 2. The van der Waals surface area contributed by atoms with E-state index in [1.807, 2.05) is 0 Å². The van der Waals surface area contributed by atoms with Gasteiger partial charge in [0.05, 0.1) is 13.2 Å². The Morgan fingerprint density at radius 1 is 1.24 bits per heavy atom. The van der Waals surface area contributed by atoms with E-state index in [1.165, 1.54) is 7.11 Å². The van der Waals surface area contributed by atoms with Gasteiger partial charge in [-0.3, -0.25) is 4.79 Å². The summed E-state index contributed by atoms with van der Waals surface area (Å²) in [5, 5.41) is 8.88. The zero-order valence-corrected chi connectivity index (χ0v) is 13.7. The Hall–Kier alpha value is -1.34. The second-order valence-electron chi connectivity index (χ2n) is 5.46. The summed E-state index contributed by atoms with van der Waals surface area (Å²) in [6.07, 6.45) is 0.661. The predicted molar refractivity (Wildman–Crippen MR) is 78.8 cm³/mol. The number of ether oxygens (including phenoxy) is 3. The van der Waals surface area contributed by atoms with Crippen molar-refractivity contribution in [2.45, 2.75) is 58.7 Å². The fraction of sp³-hybridized carbons (Fsp3) is 0.857. The summed E-state index contributed by atoms with van der Waals surface area (Å²) in [5.41, 5.74) is 4.26. The molecule has 1 atom stereocenters. The molecule has 0 saturated carbocycles. The van der Waals surface area contributed by atoms with Crippen LogP contribution in [0.1, 0.15) is 47.0 Å². The Labute approximate surface area is 126 Å². The fourth-order valence-electron chi connectivity index (χ4n) is 1.08. The van der Waals surface area contributed by atoms with Crippen molar-refractivity contribution in [3.8, 4) is 0 Å². The van der Waals surface area contributed by atoms with Crippen molar-refractivity contribution in [1.82, 2.24) is 0 Å².